The Kier molecular flexibility index (Phi) is 5.75. The normalized spacial score (nSPS) is 10.4. The van der Waals surface area contributed by atoms with Crippen molar-refractivity contribution < 1.29 is 9.59 Å². The maximum atomic E-state index is 12.6. The zero-order valence-electron chi connectivity index (χ0n) is 13.8. The number of rotatable bonds is 5. The summed E-state index contributed by atoms with van der Waals surface area (Å²) >= 11 is 4.67. The van der Waals surface area contributed by atoms with Crippen LogP contribution in [0, 0.1) is 0 Å². The number of nitrogens with zero attached hydrogens (tertiary/aromatic N) is 2. The van der Waals surface area contributed by atoms with Gasteiger partial charge in [0, 0.05) is 10.0 Å². The van der Waals surface area contributed by atoms with E-state index in [0.717, 1.165) is 15.9 Å². The number of aromatic nitrogens is 2. The summed E-state index contributed by atoms with van der Waals surface area (Å²) in [5.41, 5.74) is 1.27. The van der Waals surface area contributed by atoms with Gasteiger partial charge < -0.3 is 5.32 Å². The standard InChI is InChI=1S/C18H15BrN4O2S/c1-2-15-22-23-18(26-15)21-17(25)13-8-3-4-9-14(13)20-16(24)11-6-5-7-12(19)10-11/h3-10H,2H2,1H3,(H,20,24)(H,21,23,25). The number of nitrogens with one attached hydrogen (secondary N) is 2. The second kappa shape index (κ2) is 8.20. The number of hydrogen-bond donors (Lipinski definition) is 2. The zero-order valence-corrected chi connectivity index (χ0v) is 16.2. The van der Waals surface area contributed by atoms with Gasteiger partial charge in [-0.2, -0.15) is 0 Å². The van der Waals surface area contributed by atoms with Gasteiger partial charge in [-0.1, -0.05) is 52.4 Å². The van der Waals surface area contributed by atoms with Gasteiger partial charge in [-0.3, -0.25) is 14.9 Å². The minimum atomic E-state index is -0.353. The maximum absolute atomic E-state index is 12.6. The van der Waals surface area contributed by atoms with Crippen LogP contribution in [-0.2, 0) is 6.42 Å². The molecule has 0 saturated heterocycles. The van der Waals surface area contributed by atoms with E-state index in [9.17, 15) is 9.59 Å². The number of benzene rings is 2. The van der Waals surface area contributed by atoms with Crippen molar-refractivity contribution in [2.45, 2.75) is 13.3 Å². The van der Waals surface area contributed by atoms with Gasteiger partial charge in [0.2, 0.25) is 5.13 Å². The largest absolute Gasteiger partial charge is 0.321 e. The van der Waals surface area contributed by atoms with Crippen LogP contribution in [-0.4, -0.2) is 22.0 Å². The van der Waals surface area contributed by atoms with Gasteiger partial charge in [-0.15, -0.1) is 10.2 Å². The summed E-state index contributed by atoms with van der Waals surface area (Å²) in [6.45, 7) is 1.97. The second-order valence-electron chi connectivity index (χ2n) is 5.32. The molecule has 0 aliphatic rings. The quantitative estimate of drug-likeness (QED) is 0.629. The van der Waals surface area contributed by atoms with E-state index >= 15 is 0 Å². The third-order valence-electron chi connectivity index (χ3n) is 3.50. The molecule has 3 aromatic rings. The lowest BCUT2D eigenvalue weighted by atomic mass is 10.1. The highest BCUT2D eigenvalue weighted by molar-refractivity contribution is 9.10. The molecule has 0 bridgehead atoms. The molecule has 1 aromatic heterocycles. The first-order valence-corrected chi connectivity index (χ1v) is 9.47. The van der Waals surface area contributed by atoms with Gasteiger partial charge in [0.15, 0.2) is 0 Å². The first-order valence-electron chi connectivity index (χ1n) is 7.86. The molecule has 6 nitrogen and oxygen atoms in total. The van der Waals surface area contributed by atoms with E-state index in [1.54, 1.807) is 42.5 Å². The minimum Gasteiger partial charge on any atom is -0.321 e. The Morgan fingerprint density at radius 1 is 1.04 bits per heavy atom. The summed E-state index contributed by atoms with van der Waals surface area (Å²) in [6, 6.07) is 13.9. The fourth-order valence-electron chi connectivity index (χ4n) is 2.23. The molecule has 8 heteroatoms. The highest BCUT2D eigenvalue weighted by Crippen LogP contribution is 2.21. The molecule has 0 unspecified atom stereocenters. The Hall–Kier alpha value is -2.58. The van der Waals surface area contributed by atoms with Crippen LogP contribution in [0.4, 0.5) is 10.8 Å². The molecule has 3 rings (SSSR count). The fourth-order valence-corrected chi connectivity index (χ4v) is 3.30. The van der Waals surface area contributed by atoms with Crippen LogP contribution in [0.3, 0.4) is 0 Å². The van der Waals surface area contributed by atoms with Crippen molar-refractivity contribution in [2.75, 3.05) is 10.6 Å². The second-order valence-corrected chi connectivity index (χ2v) is 7.30. The van der Waals surface area contributed by atoms with Crippen molar-refractivity contribution in [3.05, 3.63) is 69.1 Å². The third kappa shape index (κ3) is 4.33. The molecule has 2 amide bonds. The molecule has 26 heavy (non-hydrogen) atoms. The number of carbonyl (C=O) groups is 2. The van der Waals surface area contributed by atoms with Crippen LogP contribution in [0.25, 0.3) is 0 Å². The minimum absolute atomic E-state index is 0.296. The number of amides is 2. The van der Waals surface area contributed by atoms with Crippen LogP contribution in [0.2, 0.25) is 0 Å². The number of halogens is 1. The van der Waals surface area contributed by atoms with Gasteiger partial charge in [0.25, 0.3) is 11.8 Å². The van der Waals surface area contributed by atoms with Crippen molar-refractivity contribution in [2.24, 2.45) is 0 Å². The molecule has 2 aromatic carbocycles. The average Bonchev–Trinajstić information content (AvgIpc) is 3.09. The Bertz CT molecular complexity index is 958. The molecule has 0 fully saturated rings. The Morgan fingerprint density at radius 3 is 2.58 bits per heavy atom. The Balaban J connectivity index is 1.79. The Labute approximate surface area is 162 Å². The predicted octanol–water partition coefficient (Wildman–Crippen LogP) is 4.37. The third-order valence-corrected chi connectivity index (χ3v) is 4.97. The lowest BCUT2D eigenvalue weighted by molar-refractivity contribution is 0.102. The average molecular weight is 431 g/mol. The van der Waals surface area contributed by atoms with E-state index < -0.39 is 0 Å². The van der Waals surface area contributed by atoms with Crippen molar-refractivity contribution >= 4 is 49.9 Å². The predicted molar refractivity (Wildman–Crippen MR) is 106 cm³/mol. The number of aryl methyl sites for hydroxylation is 1. The van der Waals surface area contributed by atoms with Crippen LogP contribution in [0.15, 0.2) is 53.0 Å². The molecule has 0 spiro atoms. The first kappa shape index (κ1) is 18.2. The molecule has 132 valence electrons. The summed E-state index contributed by atoms with van der Waals surface area (Å²) in [6.07, 6.45) is 0.757. The van der Waals surface area contributed by atoms with E-state index in [-0.39, 0.29) is 11.8 Å². The highest BCUT2D eigenvalue weighted by Gasteiger charge is 2.16. The SMILES string of the molecule is CCc1nnc(NC(=O)c2ccccc2NC(=O)c2cccc(Br)c2)s1. The summed E-state index contributed by atoms with van der Waals surface area (Å²) in [4.78, 5) is 25.0. The van der Waals surface area contributed by atoms with E-state index in [0.29, 0.717) is 21.9 Å². The van der Waals surface area contributed by atoms with Crippen molar-refractivity contribution in [3.8, 4) is 0 Å². The smallest absolute Gasteiger partial charge is 0.259 e. The first-order chi connectivity index (χ1) is 12.6. The van der Waals surface area contributed by atoms with Gasteiger partial charge in [0.1, 0.15) is 5.01 Å². The lowest BCUT2D eigenvalue weighted by Crippen LogP contribution is -2.18. The van der Waals surface area contributed by atoms with E-state index in [1.807, 2.05) is 13.0 Å². The molecule has 0 saturated carbocycles. The highest BCUT2D eigenvalue weighted by atomic mass is 79.9. The number of hydrogen-bond acceptors (Lipinski definition) is 5. The molecular weight excluding hydrogens is 416 g/mol. The van der Waals surface area contributed by atoms with Crippen LogP contribution < -0.4 is 10.6 Å². The van der Waals surface area contributed by atoms with E-state index in [2.05, 4.69) is 36.8 Å². The van der Waals surface area contributed by atoms with E-state index in [4.69, 9.17) is 0 Å². The molecular formula is C18H15BrN4O2S. The summed E-state index contributed by atoms with van der Waals surface area (Å²) in [7, 11) is 0. The molecule has 0 aliphatic heterocycles. The van der Waals surface area contributed by atoms with Crippen LogP contribution in [0.1, 0.15) is 32.6 Å². The van der Waals surface area contributed by atoms with Gasteiger partial charge in [0.05, 0.1) is 11.3 Å². The Morgan fingerprint density at radius 2 is 1.85 bits per heavy atom. The molecule has 1 heterocycles. The monoisotopic (exact) mass is 430 g/mol. The zero-order chi connectivity index (χ0) is 18.5. The number of carbonyl (C=O) groups excluding carboxylic acids is 2. The number of anilines is 2. The summed E-state index contributed by atoms with van der Waals surface area (Å²) in [5, 5.41) is 14.7. The van der Waals surface area contributed by atoms with Crippen molar-refractivity contribution in [1.29, 1.82) is 0 Å². The van der Waals surface area contributed by atoms with Gasteiger partial charge in [-0.25, -0.2) is 0 Å². The topological polar surface area (TPSA) is 84.0 Å². The lowest BCUT2D eigenvalue weighted by Gasteiger charge is -2.10. The molecule has 0 atom stereocenters. The summed E-state index contributed by atoms with van der Waals surface area (Å²) in [5.74, 6) is -0.648. The molecule has 0 aliphatic carbocycles. The van der Waals surface area contributed by atoms with Crippen LogP contribution >= 0.6 is 27.3 Å². The number of para-hydroxylation sites is 1. The van der Waals surface area contributed by atoms with Gasteiger partial charge >= 0.3 is 0 Å². The maximum Gasteiger partial charge on any atom is 0.259 e. The van der Waals surface area contributed by atoms with Crippen LogP contribution in [0.5, 0.6) is 0 Å². The van der Waals surface area contributed by atoms with Crippen molar-refractivity contribution in [3.63, 3.8) is 0 Å². The van der Waals surface area contributed by atoms with Gasteiger partial charge in [-0.05, 0) is 36.8 Å². The van der Waals surface area contributed by atoms with E-state index in [1.165, 1.54) is 11.3 Å². The molecule has 0 radical (unpaired) electrons. The van der Waals surface area contributed by atoms with Crippen molar-refractivity contribution in [1.82, 2.24) is 10.2 Å². The fraction of sp³-hybridized carbons (Fsp3) is 0.111. The summed E-state index contributed by atoms with van der Waals surface area (Å²) < 4.78 is 0.805. The molecule has 2 N–H and O–H groups in total.